The fraction of sp³-hybridized carbons (Fsp3) is 1.00. The van der Waals surface area contributed by atoms with Gasteiger partial charge < -0.3 is 5.32 Å². The predicted octanol–water partition coefficient (Wildman–Crippen LogP) is 0.504. The molecule has 0 spiro atoms. The molecule has 2 saturated heterocycles. The van der Waals surface area contributed by atoms with Gasteiger partial charge in [-0.2, -0.15) is 17.0 Å². The van der Waals surface area contributed by atoms with E-state index in [2.05, 4.69) is 5.32 Å². The van der Waals surface area contributed by atoms with Crippen molar-refractivity contribution >= 4 is 10.2 Å². The fourth-order valence-electron chi connectivity index (χ4n) is 3.12. The minimum absolute atomic E-state index is 0.690. The van der Waals surface area contributed by atoms with E-state index in [1.165, 1.54) is 17.1 Å². The number of nitrogens with one attached hydrogen (secondary N) is 1. The summed E-state index contributed by atoms with van der Waals surface area (Å²) in [4.78, 5) is 0. The summed E-state index contributed by atoms with van der Waals surface area (Å²) in [6.07, 6.45) is 4.56. The van der Waals surface area contributed by atoms with Crippen LogP contribution in [0.4, 0.5) is 0 Å². The molecule has 2 rings (SSSR count). The highest BCUT2D eigenvalue weighted by molar-refractivity contribution is 7.86. The van der Waals surface area contributed by atoms with Gasteiger partial charge in [0.2, 0.25) is 0 Å². The van der Waals surface area contributed by atoms with Gasteiger partial charge in [0.1, 0.15) is 0 Å². The molecule has 0 aliphatic carbocycles. The predicted molar refractivity (Wildman–Crippen MR) is 72.5 cm³/mol. The van der Waals surface area contributed by atoms with Gasteiger partial charge in [0.15, 0.2) is 0 Å². The Morgan fingerprint density at radius 3 is 2.00 bits per heavy atom. The molecule has 2 heterocycles. The van der Waals surface area contributed by atoms with Gasteiger partial charge in [-0.05, 0) is 50.6 Å². The number of rotatable bonds is 3. The van der Waals surface area contributed by atoms with Crippen LogP contribution in [0.2, 0.25) is 0 Å². The molecule has 0 aromatic rings. The van der Waals surface area contributed by atoms with Crippen LogP contribution < -0.4 is 5.32 Å². The molecule has 2 aliphatic rings. The van der Waals surface area contributed by atoms with E-state index in [1.807, 2.05) is 0 Å². The molecule has 0 aromatic heterocycles. The van der Waals surface area contributed by atoms with Crippen molar-refractivity contribution in [2.45, 2.75) is 25.7 Å². The van der Waals surface area contributed by atoms with Crippen LogP contribution in [0.15, 0.2) is 0 Å². The third-order valence-electron chi connectivity index (χ3n) is 4.34. The molecule has 0 aromatic carbocycles. The van der Waals surface area contributed by atoms with E-state index in [1.54, 1.807) is 18.4 Å². The van der Waals surface area contributed by atoms with Crippen molar-refractivity contribution in [3.05, 3.63) is 0 Å². The number of piperidine rings is 2. The van der Waals surface area contributed by atoms with Crippen LogP contribution in [0, 0.1) is 11.8 Å². The van der Waals surface area contributed by atoms with Crippen molar-refractivity contribution < 1.29 is 8.42 Å². The first-order chi connectivity index (χ1) is 8.51. The molecule has 1 N–H and O–H groups in total. The van der Waals surface area contributed by atoms with E-state index in [-0.39, 0.29) is 0 Å². The zero-order valence-corrected chi connectivity index (χ0v) is 12.2. The Labute approximate surface area is 111 Å². The largest absolute Gasteiger partial charge is 0.317 e. The summed E-state index contributed by atoms with van der Waals surface area (Å²) in [5.41, 5.74) is 0. The quantitative estimate of drug-likeness (QED) is 0.816. The first-order valence-electron chi connectivity index (χ1n) is 6.90. The highest BCUT2D eigenvalue weighted by atomic mass is 32.2. The fourth-order valence-corrected chi connectivity index (χ4v) is 4.26. The lowest BCUT2D eigenvalue weighted by Crippen LogP contribution is -2.46. The van der Waals surface area contributed by atoms with Gasteiger partial charge in [-0.15, -0.1) is 0 Å². The summed E-state index contributed by atoms with van der Waals surface area (Å²) in [6, 6.07) is 0. The Kier molecular flexibility index (Phi) is 4.64. The van der Waals surface area contributed by atoms with Gasteiger partial charge in [0, 0.05) is 27.2 Å². The van der Waals surface area contributed by atoms with Crippen LogP contribution in [0.5, 0.6) is 0 Å². The standard InChI is InChI=1S/C12H25N3O2S/c1-14(2)18(16,17)15-9-5-12(6-10-15)11-3-7-13-8-4-11/h11-13H,3-10H2,1-2H3. The van der Waals surface area contributed by atoms with Gasteiger partial charge in [-0.3, -0.25) is 0 Å². The maximum Gasteiger partial charge on any atom is 0.281 e. The maximum absolute atomic E-state index is 12.0. The summed E-state index contributed by atoms with van der Waals surface area (Å²) in [6.45, 7) is 3.63. The minimum Gasteiger partial charge on any atom is -0.317 e. The molecule has 0 radical (unpaired) electrons. The van der Waals surface area contributed by atoms with Gasteiger partial charge in [-0.1, -0.05) is 0 Å². The lowest BCUT2D eigenvalue weighted by Gasteiger charge is -2.37. The highest BCUT2D eigenvalue weighted by Gasteiger charge is 2.32. The van der Waals surface area contributed by atoms with Crippen molar-refractivity contribution in [3.8, 4) is 0 Å². The second-order valence-electron chi connectivity index (χ2n) is 5.61. The van der Waals surface area contributed by atoms with Gasteiger partial charge in [0.05, 0.1) is 0 Å². The van der Waals surface area contributed by atoms with E-state index >= 15 is 0 Å². The van der Waals surface area contributed by atoms with Crippen molar-refractivity contribution in [1.29, 1.82) is 0 Å². The van der Waals surface area contributed by atoms with Crippen LogP contribution >= 0.6 is 0 Å². The van der Waals surface area contributed by atoms with Crippen LogP contribution in [0.25, 0.3) is 0 Å². The smallest absolute Gasteiger partial charge is 0.281 e. The Balaban J connectivity index is 1.88. The molecule has 0 bridgehead atoms. The minimum atomic E-state index is -3.20. The third-order valence-corrected chi connectivity index (χ3v) is 6.28. The normalized spacial score (nSPS) is 25.7. The third kappa shape index (κ3) is 3.04. The Morgan fingerprint density at radius 2 is 1.50 bits per heavy atom. The Morgan fingerprint density at radius 1 is 1.00 bits per heavy atom. The zero-order valence-electron chi connectivity index (χ0n) is 11.4. The van der Waals surface area contributed by atoms with Gasteiger partial charge >= 0.3 is 0 Å². The molecule has 5 nitrogen and oxygen atoms in total. The summed E-state index contributed by atoms with van der Waals surface area (Å²) >= 11 is 0. The molecule has 2 aliphatic heterocycles. The number of hydrogen-bond acceptors (Lipinski definition) is 3. The van der Waals surface area contributed by atoms with Crippen LogP contribution in [0.1, 0.15) is 25.7 Å². The van der Waals surface area contributed by atoms with Crippen LogP contribution in [-0.2, 0) is 10.2 Å². The highest BCUT2D eigenvalue weighted by Crippen LogP contribution is 2.31. The van der Waals surface area contributed by atoms with Crippen LogP contribution in [0.3, 0.4) is 0 Å². The van der Waals surface area contributed by atoms with Crippen molar-refractivity contribution in [1.82, 2.24) is 13.9 Å². The zero-order chi connectivity index (χ0) is 13.2. The lowest BCUT2D eigenvalue weighted by atomic mass is 9.79. The molecule has 6 heteroatoms. The van der Waals surface area contributed by atoms with E-state index in [9.17, 15) is 8.42 Å². The topological polar surface area (TPSA) is 52.7 Å². The molecule has 0 amide bonds. The number of nitrogens with zero attached hydrogens (tertiary/aromatic N) is 2. The second-order valence-corrected chi connectivity index (χ2v) is 7.76. The van der Waals surface area contributed by atoms with Crippen LogP contribution in [-0.4, -0.2) is 57.3 Å². The summed E-state index contributed by atoms with van der Waals surface area (Å²) in [5.74, 6) is 1.52. The monoisotopic (exact) mass is 275 g/mol. The first kappa shape index (κ1) is 14.2. The lowest BCUT2D eigenvalue weighted by molar-refractivity contribution is 0.173. The molecule has 0 unspecified atom stereocenters. The summed E-state index contributed by atoms with van der Waals surface area (Å²) in [5, 5.41) is 3.39. The average molecular weight is 275 g/mol. The van der Waals surface area contributed by atoms with Gasteiger partial charge in [0.25, 0.3) is 10.2 Å². The molecule has 0 saturated carbocycles. The Bertz CT molecular complexity index is 356. The molecular formula is C12H25N3O2S. The molecule has 2 fully saturated rings. The Hall–Kier alpha value is -0.170. The number of hydrogen-bond donors (Lipinski definition) is 1. The maximum atomic E-state index is 12.0. The summed E-state index contributed by atoms with van der Waals surface area (Å²) in [7, 11) is 0.0110. The molecule has 106 valence electrons. The van der Waals surface area contributed by atoms with Crippen molar-refractivity contribution in [2.24, 2.45) is 11.8 Å². The first-order valence-corrected chi connectivity index (χ1v) is 8.30. The van der Waals surface area contributed by atoms with Gasteiger partial charge in [-0.25, -0.2) is 0 Å². The average Bonchev–Trinajstić information content (AvgIpc) is 2.40. The summed E-state index contributed by atoms with van der Waals surface area (Å²) < 4.78 is 27.0. The van der Waals surface area contributed by atoms with E-state index < -0.39 is 10.2 Å². The molecular weight excluding hydrogens is 250 g/mol. The van der Waals surface area contributed by atoms with E-state index in [4.69, 9.17) is 0 Å². The second kappa shape index (κ2) is 5.86. The van der Waals surface area contributed by atoms with Crippen molar-refractivity contribution in [2.75, 3.05) is 40.3 Å². The SMILES string of the molecule is CN(C)S(=O)(=O)N1CCC(C2CCNCC2)CC1. The van der Waals surface area contributed by atoms with Crippen molar-refractivity contribution in [3.63, 3.8) is 0 Å². The van der Waals surface area contributed by atoms with E-state index in [0.29, 0.717) is 13.1 Å². The molecule has 18 heavy (non-hydrogen) atoms. The molecule has 0 atom stereocenters. The van der Waals surface area contributed by atoms with E-state index in [0.717, 1.165) is 37.8 Å².